The third-order valence-electron chi connectivity index (χ3n) is 2.91. The normalized spacial score (nSPS) is 20.2. The van der Waals surface area contributed by atoms with Crippen molar-refractivity contribution < 1.29 is 9.53 Å². The average molecular weight is 285 g/mol. The number of hydrogen-bond donors (Lipinski definition) is 3. The molecule has 2 heterocycles. The molecule has 7 nitrogen and oxygen atoms in total. The molecule has 1 aromatic rings. The monoisotopic (exact) mass is 285 g/mol. The van der Waals surface area contributed by atoms with Gasteiger partial charge in [-0.1, -0.05) is 11.3 Å². The smallest absolute Gasteiger partial charge is 0.265 e. The maximum absolute atomic E-state index is 12.0. The number of anilines is 2. The van der Waals surface area contributed by atoms with Crippen molar-refractivity contribution >= 4 is 28.2 Å². The number of nitrogens with zero attached hydrogens (tertiary/aromatic N) is 2. The molecular weight excluding hydrogens is 266 g/mol. The van der Waals surface area contributed by atoms with E-state index in [0.29, 0.717) is 23.2 Å². The molecule has 0 bridgehead atoms. The number of nitrogens with two attached hydrogens (primary N) is 1. The number of nitrogen functional groups attached to an aromatic ring is 1. The lowest BCUT2D eigenvalue weighted by Crippen LogP contribution is -2.45. The van der Waals surface area contributed by atoms with Gasteiger partial charge >= 0.3 is 0 Å². The summed E-state index contributed by atoms with van der Waals surface area (Å²) in [5.74, 6) is 0.0573. The third kappa shape index (κ3) is 3.55. The second-order valence-corrected chi connectivity index (χ2v) is 5.45. The van der Waals surface area contributed by atoms with Crippen LogP contribution >= 0.6 is 11.3 Å². The van der Waals surface area contributed by atoms with Gasteiger partial charge in [-0.15, -0.1) is 0 Å². The van der Waals surface area contributed by atoms with E-state index in [1.807, 2.05) is 7.05 Å². The number of carbonyl (C=O) groups excluding carboxylic acids is 1. The van der Waals surface area contributed by atoms with Crippen LogP contribution in [0.2, 0.25) is 0 Å². The molecule has 0 aliphatic carbocycles. The van der Waals surface area contributed by atoms with Crippen molar-refractivity contribution in [2.24, 2.45) is 0 Å². The molecule has 19 heavy (non-hydrogen) atoms. The molecule has 1 aliphatic heterocycles. The number of thiazole rings is 1. The van der Waals surface area contributed by atoms with Crippen LogP contribution in [0.25, 0.3) is 0 Å². The third-order valence-corrected chi connectivity index (χ3v) is 3.99. The Hall–Kier alpha value is -1.38. The number of rotatable bonds is 4. The van der Waals surface area contributed by atoms with Crippen LogP contribution in [0, 0.1) is 0 Å². The van der Waals surface area contributed by atoms with Crippen LogP contribution in [0.3, 0.4) is 0 Å². The van der Waals surface area contributed by atoms with Gasteiger partial charge in [-0.25, -0.2) is 4.98 Å². The SMILES string of the molecule is CNc1nc(N)c(C(=O)NCC2CN(C)CCO2)s1. The van der Waals surface area contributed by atoms with Crippen LogP contribution in [0.4, 0.5) is 10.9 Å². The van der Waals surface area contributed by atoms with E-state index in [1.165, 1.54) is 11.3 Å². The zero-order chi connectivity index (χ0) is 13.8. The minimum absolute atomic E-state index is 0.0283. The van der Waals surface area contributed by atoms with Crippen LogP contribution < -0.4 is 16.4 Å². The summed E-state index contributed by atoms with van der Waals surface area (Å²) < 4.78 is 5.58. The van der Waals surface area contributed by atoms with E-state index < -0.39 is 0 Å². The fourth-order valence-corrected chi connectivity index (χ4v) is 2.63. The molecule has 106 valence electrons. The molecule has 1 amide bonds. The first kappa shape index (κ1) is 14.0. The van der Waals surface area contributed by atoms with Gasteiger partial charge in [0.1, 0.15) is 10.7 Å². The fraction of sp³-hybridized carbons (Fsp3) is 0.636. The number of morpholine rings is 1. The molecule has 2 rings (SSSR count). The van der Waals surface area contributed by atoms with E-state index >= 15 is 0 Å². The van der Waals surface area contributed by atoms with Crippen molar-refractivity contribution in [2.45, 2.75) is 6.10 Å². The van der Waals surface area contributed by atoms with E-state index in [-0.39, 0.29) is 17.8 Å². The largest absolute Gasteiger partial charge is 0.382 e. The number of hydrogen-bond acceptors (Lipinski definition) is 7. The van der Waals surface area contributed by atoms with Gasteiger partial charge in [0.05, 0.1) is 12.7 Å². The van der Waals surface area contributed by atoms with Gasteiger partial charge in [-0.2, -0.15) is 0 Å². The van der Waals surface area contributed by atoms with Gasteiger partial charge in [-0.05, 0) is 7.05 Å². The first-order valence-electron chi connectivity index (χ1n) is 6.12. The second-order valence-electron chi connectivity index (χ2n) is 4.45. The molecule has 1 unspecified atom stereocenters. The van der Waals surface area contributed by atoms with Gasteiger partial charge < -0.3 is 26.0 Å². The Morgan fingerprint density at radius 3 is 3.11 bits per heavy atom. The molecule has 0 saturated carbocycles. The highest BCUT2D eigenvalue weighted by Crippen LogP contribution is 2.24. The first-order chi connectivity index (χ1) is 9.10. The molecule has 1 saturated heterocycles. The van der Waals surface area contributed by atoms with Crippen molar-refractivity contribution in [1.29, 1.82) is 0 Å². The number of nitrogens with one attached hydrogen (secondary N) is 2. The average Bonchev–Trinajstić information content (AvgIpc) is 2.77. The van der Waals surface area contributed by atoms with E-state index in [2.05, 4.69) is 20.5 Å². The van der Waals surface area contributed by atoms with Crippen LogP contribution in [0.15, 0.2) is 0 Å². The Labute approximate surface area is 116 Å². The van der Waals surface area contributed by atoms with Crippen molar-refractivity contribution in [3.8, 4) is 0 Å². The zero-order valence-corrected chi connectivity index (χ0v) is 11.9. The Morgan fingerprint density at radius 1 is 1.68 bits per heavy atom. The first-order valence-corrected chi connectivity index (χ1v) is 6.94. The van der Waals surface area contributed by atoms with Gasteiger partial charge in [0.2, 0.25) is 0 Å². The lowest BCUT2D eigenvalue weighted by molar-refractivity contribution is -0.0174. The number of amides is 1. The van der Waals surface area contributed by atoms with Crippen molar-refractivity contribution in [3.05, 3.63) is 4.88 Å². The highest BCUT2D eigenvalue weighted by atomic mass is 32.1. The molecule has 0 spiro atoms. The summed E-state index contributed by atoms with van der Waals surface area (Å²) in [7, 11) is 3.78. The maximum Gasteiger partial charge on any atom is 0.265 e. The highest BCUT2D eigenvalue weighted by Gasteiger charge is 2.20. The number of likely N-dealkylation sites (N-methyl/N-ethyl adjacent to an activating group) is 1. The Kier molecular flexibility index (Phi) is 4.56. The molecule has 8 heteroatoms. The highest BCUT2D eigenvalue weighted by molar-refractivity contribution is 7.18. The molecule has 4 N–H and O–H groups in total. The van der Waals surface area contributed by atoms with Crippen molar-refractivity contribution in [1.82, 2.24) is 15.2 Å². The number of ether oxygens (including phenoxy) is 1. The van der Waals surface area contributed by atoms with Crippen molar-refractivity contribution in [3.63, 3.8) is 0 Å². The summed E-state index contributed by atoms with van der Waals surface area (Å²) in [5.41, 5.74) is 5.71. The Bertz CT molecular complexity index is 450. The lowest BCUT2D eigenvalue weighted by Gasteiger charge is -2.30. The second kappa shape index (κ2) is 6.18. The van der Waals surface area contributed by atoms with Crippen LogP contribution in [-0.4, -0.2) is 62.2 Å². The molecule has 0 aromatic carbocycles. The molecule has 1 aromatic heterocycles. The van der Waals surface area contributed by atoms with Gasteiger partial charge in [0.25, 0.3) is 5.91 Å². The standard InChI is InChI=1S/C11H19N5O2S/c1-13-11-15-9(12)8(19-11)10(17)14-5-7-6-16(2)3-4-18-7/h7H,3-6,12H2,1-2H3,(H,13,15)(H,14,17). The molecular formula is C11H19N5O2S. The van der Waals surface area contributed by atoms with E-state index in [1.54, 1.807) is 7.05 Å². The minimum atomic E-state index is -0.201. The van der Waals surface area contributed by atoms with Crippen molar-refractivity contribution in [2.75, 3.05) is 51.4 Å². The molecule has 1 aliphatic rings. The van der Waals surface area contributed by atoms with Crippen LogP contribution in [-0.2, 0) is 4.74 Å². The summed E-state index contributed by atoms with van der Waals surface area (Å²) >= 11 is 1.24. The molecule has 1 fully saturated rings. The summed E-state index contributed by atoms with van der Waals surface area (Å²) in [6, 6.07) is 0. The molecule has 0 radical (unpaired) electrons. The van der Waals surface area contributed by atoms with E-state index in [4.69, 9.17) is 10.5 Å². The maximum atomic E-state index is 12.0. The zero-order valence-electron chi connectivity index (χ0n) is 11.1. The Balaban J connectivity index is 1.88. The predicted molar refractivity (Wildman–Crippen MR) is 75.6 cm³/mol. The topological polar surface area (TPSA) is 92.5 Å². The lowest BCUT2D eigenvalue weighted by atomic mass is 10.3. The van der Waals surface area contributed by atoms with Gasteiger partial charge in [0, 0.05) is 26.7 Å². The van der Waals surface area contributed by atoms with Crippen LogP contribution in [0.1, 0.15) is 9.67 Å². The number of aromatic nitrogens is 1. The summed E-state index contributed by atoms with van der Waals surface area (Å²) in [6.45, 7) is 2.93. The summed E-state index contributed by atoms with van der Waals surface area (Å²) in [4.78, 5) is 18.7. The predicted octanol–water partition coefficient (Wildman–Crippen LogP) is -0.173. The quantitative estimate of drug-likeness (QED) is 0.711. The van der Waals surface area contributed by atoms with Gasteiger partial charge in [-0.3, -0.25) is 4.79 Å². The number of carbonyl (C=O) groups is 1. The van der Waals surface area contributed by atoms with E-state index in [9.17, 15) is 4.79 Å². The van der Waals surface area contributed by atoms with Crippen LogP contribution in [0.5, 0.6) is 0 Å². The van der Waals surface area contributed by atoms with E-state index in [0.717, 1.165) is 13.1 Å². The fourth-order valence-electron chi connectivity index (χ4n) is 1.88. The van der Waals surface area contributed by atoms with Gasteiger partial charge in [0.15, 0.2) is 5.13 Å². The summed E-state index contributed by atoms with van der Waals surface area (Å²) in [6.07, 6.45) is 0.0283. The molecule has 1 atom stereocenters. The summed E-state index contributed by atoms with van der Waals surface area (Å²) in [5, 5.41) is 6.35. The Morgan fingerprint density at radius 2 is 2.47 bits per heavy atom. The minimum Gasteiger partial charge on any atom is -0.382 e.